The van der Waals surface area contributed by atoms with E-state index >= 15 is 0 Å². The SMILES string of the molecule is Cc1cc(C(=O)N2CC(C)c3[nH]c4ncccc4c3C2C)n[nH]1. The van der Waals surface area contributed by atoms with Gasteiger partial charge in [0.05, 0.1) is 6.04 Å². The maximum Gasteiger partial charge on any atom is 0.274 e. The van der Waals surface area contributed by atoms with Crippen molar-refractivity contribution in [3.63, 3.8) is 0 Å². The number of carbonyl (C=O) groups excluding carboxylic acids is 1. The van der Waals surface area contributed by atoms with Crippen LogP contribution in [0.15, 0.2) is 24.4 Å². The fraction of sp³-hybridized carbons (Fsp3) is 0.353. The van der Waals surface area contributed by atoms with Gasteiger partial charge in [-0.3, -0.25) is 9.89 Å². The van der Waals surface area contributed by atoms with E-state index in [4.69, 9.17) is 0 Å². The van der Waals surface area contributed by atoms with Crippen molar-refractivity contribution in [2.45, 2.75) is 32.7 Å². The molecule has 6 heteroatoms. The van der Waals surface area contributed by atoms with E-state index in [2.05, 4.69) is 40.1 Å². The molecule has 1 aliphatic rings. The predicted molar refractivity (Wildman–Crippen MR) is 87.3 cm³/mol. The fourth-order valence-corrected chi connectivity index (χ4v) is 3.53. The number of rotatable bonds is 1. The Hall–Kier alpha value is -2.63. The van der Waals surface area contributed by atoms with E-state index < -0.39 is 0 Å². The minimum Gasteiger partial charge on any atom is -0.343 e. The zero-order valence-corrected chi connectivity index (χ0v) is 13.4. The number of carbonyl (C=O) groups is 1. The number of pyridine rings is 1. The Morgan fingerprint density at radius 1 is 1.39 bits per heavy atom. The third kappa shape index (κ3) is 2.05. The number of amides is 1. The molecule has 0 saturated heterocycles. The van der Waals surface area contributed by atoms with Crippen LogP contribution in [0.3, 0.4) is 0 Å². The topological polar surface area (TPSA) is 77.7 Å². The highest BCUT2D eigenvalue weighted by atomic mass is 16.2. The first-order chi connectivity index (χ1) is 11.1. The minimum atomic E-state index is -0.0300. The van der Waals surface area contributed by atoms with Gasteiger partial charge in [-0.25, -0.2) is 4.98 Å². The Labute approximate surface area is 133 Å². The molecule has 2 atom stereocenters. The van der Waals surface area contributed by atoms with Gasteiger partial charge in [-0.15, -0.1) is 0 Å². The molecule has 6 nitrogen and oxygen atoms in total. The second-order valence-corrected chi connectivity index (χ2v) is 6.32. The highest BCUT2D eigenvalue weighted by Gasteiger charge is 2.35. The van der Waals surface area contributed by atoms with E-state index in [0.717, 1.165) is 16.7 Å². The van der Waals surface area contributed by atoms with Crippen LogP contribution in [0.4, 0.5) is 0 Å². The van der Waals surface area contributed by atoms with Crippen molar-refractivity contribution in [3.05, 3.63) is 47.0 Å². The molecule has 3 aromatic rings. The Bertz CT molecular complexity index is 893. The summed E-state index contributed by atoms with van der Waals surface area (Å²) in [7, 11) is 0. The van der Waals surface area contributed by atoms with Gasteiger partial charge in [0, 0.05) is 41.0 Å². The van der Waals surface area contributed by atoms with Crippen molar-refractivity contribution < 1.29 is 4.79 Å². The number of H-pyrrole nitrogens is 2. The Morgan fingerprint density at radius 3 is 2.96 bits per heavy atom. The molecule has 3 aromatic heterocycles. The van der Waals surface area contributed by atoms with Gasteiger partial charge in [0.2, 0.25) is 0 Å². The standard InChI is InChI=1S/C17H19N5O/c1-9-8-22(17(23)13-7-10(2)20-21-13)11(3)14-12-5-4-6-18-16(12)19-15(9)14/h4-7,9,11H,8H2,1-3H3,(H,18,19)(H,20,21). The van der Waals surface area contributed by atoms with Crippen LogP contribution in [0, 0.1) is 6.92 Å². The molecule has 0 fully saturated rings. The van der Waals surface area contributed by atoms with Crippen LogP contribution in [0.25, 0.3) is 11.0 Å². The van der Waals surface area contributed by atoms with Gasteiger partial charge >= 0.3 is 0 Å². The van der Waals surface area contributed by atoms with Crippen molar-refractivity contribution in [1.29, 1.82) is 0 Å². The van der Waals surface area contributed by atoms with E-state index in [-0.39, 0.29) is 17.9 Å². The number of nitrogens with zero attached hydrogens (tertiary/aromatic N) is 3. The number of hydrogen-bond donors (Lipinski definition) is 2. The van der Waals surface area contributed by atoms with Gasteiger partial charge in [-0.05, 0) is 32.0 Å². The highest BCUT2D eigenvalue weighted by molar-refractivity contribution is 5.94. The van der Waals surface area contributed by atoms with E-state index in [1.807, 2.05) is 17.9 Å². The average Bonchev–Trinajstić information content (AvgIpc) is 3.14. The quantitative estimate of drug-likeness (QED) is 0.725. The highest BCUT2D eigenvalue weighted by Crippen LogP contribution is 2.40. The maximum atomic E-state index is 12.9. The van der Waals surface area contributed by atoms with Gasteiger partial charge in [-0.2, -0.15) is 5.10 Å². The summed E-state index contributed by atoms with van der Waals surface area (Å²) in [4.78, 5) is 22.6. The fourth-order valence-electron chi connectivity index (χ4n) is 3.53. The molecule has 0 radical (unpaired) electrons. The number of hydrogen-bond acceptors (Lipinski definition) is 3. The van der Waals surface area contributed by atoms with Crippen molar-refractivity contribution >= 4 is 16.9 Å². The summed E-state index contributed by atoms with van der Waals surface area (Å²) in [6.45, 7) is 6.78. The molecule has 0 spiro atoms. The number of aryl methyl sites for hydroxylation is 1. The van der Waals surface area contributed by atoms with Gasteiger partial charge in [0.25, 0.3) is 5.91 Å². The minimum absolute atomic E-state index is 0.0105. The maximum absolute atomic E-state index is 12.9. The molecule has 4 rings (SSSR count). The Balaban J connectivity index is 1.79. The molecule has 0 saturated carbocycles. The summed E-state index contributed by atoms with van der Waals surface area (Å²) in [5.41, 5.74) is 4.62. The van der Waals surface area contributed by atoms with E-state index in [9.17, 15) is 4.79 Å². The van der Waals surface area contributed by atoms with Crippen LogP contribution in [-0.4, -0.2) is 37.5 Å². The van der Waals surface area contributed by atoms with Crippen LogP contribution in [0.5, 0.6) is 0 Å². The molecule has 118 valence electrons. The third-order valence-corrected chi connectivity index (χ3v) is 4.68. The van der Waals surface area contributed by atoms with Gasteiger partial charge in [0.15, 0.2) is 0 Å². The first-order valence-electron chi connectivity index (χ1n) is 7.85. The third-order valence-electron chi connectivity index (χ3n) is 4.68. The molecule has 0 aromatic carbocycles. The van der Waals surface area contributed by atoms with Crippen LogP contribution < -0.4 is 0 Å². The molecule has 23 heavy (non-hydrogen) atoms. The summed E-state index contributed by atoms with van der Waals surface area (Å²) in [6.07, 6.45) is 1.79. The monoisotopic (exact) mass is 309 g/mol. The zero-order valence-electron chi connectivity index (χ0n) is 13.4. The van der Waals surface area contributed by atoms with E-state index in [1.54, 1.807) is 12.3 Å². The average molecular weight is 309 g/mol. The summed E-state index contributed by atoms with van der Waals surface area (Å²) in [5.74, 6) is 0.206. The van der Waals surface area contributed by atoms with Crippen LogP contribution >= 0.6 is 0 Å². The zero-order chi connectivity index (χ0) is 16.1. The number of aromatic nitrogens is 4. The lowest BCUT2D eigenvalue weighted by atomic mass is 9.91. The van der Waals surface area contributed by atoms with Crippen LogP contribution in [0.1, 0.15) is 53.2 Å². The number of fused-ring (bicyclic) bond motifs is 3. The van der Waals surface area contributed by atoms with Crippen LogP contribution in [0.2, 0.25) is 0 Å². The first-order valence-corrected chi connectivity index (χ1v) is 7.85. The second kappa shape index (κ2) is 4.94. The molecule has 2 N–H and O–H groups in total. The van der Waals surface area contributed by atoms with Gasteiger partial charge in [-0.1, -0.05) is 6.92 Å². The van der Waals surface area contributed by atoms with Crippen LogP contribution in [-0.2, 0) is 0 Å². The molecule has 4 heterocycles. The van der Waals surface area contributed by atoms with Gasteiger partial charge in [0.1, 0.15) is 11.3 Å². The lowest BCUT2D eigenvalue weighted by Gasteiger charge is -2.36. The summed E-state index contributed by atoms with van der Waals surface area (Å²) >= 11 is 0. The summed E-state index contributed by atoms with van der Waals surface area (Å²) in [6, 6.07) is 5.79. The molecule has 0 bridgehead atoms. The normalized spacial score (nSPS) is 20.7. The molecular formula is C17H19N5O. The Morgan fingerprint density at radius 2 is 2.22 bits per heavy atom. The van der Waals surface area contributed by atoms with Crippen molar-refractivity contribution in [2.24, 2.45) is 0 Å². The van der Waals surface area contributed by atoms with Crippen molar-refractivity contribution in [3.8, 4) is 0 Å². The lowest BCUT2D eigenvalue weighted by Crippen LogP contribution is -2.40. The second-order valence-electron chi connectivity index (χ2n) is 6.32. The molecule has 0 aliphatic carbocycles. The lowest BCUT2D eigenvalue weighted by molar-refractivity contribution is 0.0654. The summed E-state index contributed by atoms with van der Waals surface area (Å²) < 4.78 is 0. The number of nitrogens with one attached hydrogen (secondary N) is 2. The molecular weight excluding hydrogens is 290 g/mol. The Kier molecular flexibility index (Phi) is 3.01. The summed E-state index contributed by atoms with van der Waals surface area (Å²) in [5, 5.41) is 8.06. The van der Waals surface area contributed by atoms with Crippen molar-refractivity contribution in [1.82, 2.24) is 25.1 Å². The largest absolute Gasteiger partial charge is 0.343 e. The first kappa shape index (κ1) is 14.0. The van der Waals surface area contributed by atoms with Gasteiger partial charge < -0.3 is 9.88 Å². The van der Waals surface area contributed by atoms with E-state index in [1.165, 1.54) is 11.3 Å². The van der Waals surface area contributed by atoms with E-state index in [0.29, 0.717) is 12.2 Å². The predicted octanol–water partition coefficient (Wildman–Crippen LogP) is 2.91. The van der Waals surface area contributed by atoms with Crippen molar-refractivity contribution in [2.75, 3.05) is 6.54 Å². The molecule has 1 aliphatic heterocycles. The smallest absolute Gasteiger partial charge is 0.274 e. The number of aromatic amines is 2. The molecule has 2 unspecified atom stereocenters. The molecule has 1 amide bonds.